The molecule has 1 aromatic carbocycles. The quantitative estimate of drug-likeness (QED) is 0.443. The van der Waals surface area contributed by atoms with Crippen molar-refractivity contribution in [2.75, 3.05) is 33.0 Å². The Balaban J connectivity index is 1.39. The molecule has 0 spiro atoms. The summed E-state index contributed by atoms with van der Waals surface area (Å²) in [6.45, 7) is 6.71. The molecule has 2 aromatic rings. The second-order valence-electron chi connectivity index (χ2n) is 7.83. The fourth-order valence-corrected chi connectivity index (χ4v) is 3.38. The second kappa shape index (κ2) is 10.6. The average molecular weight is 444 g/mol. The van der Waals surface area contributed by atoms with Crippen LogP contribution in [0.4, 0.5) is 0 Å². The fraction of sp³-hybridized carbons (Fsp3) is 0.500. The molecule has 2 aliphatic heterocycles. The van der Waals surface area contributed by atoms with E-state index in [0.717, 1.165) is 29.0 Å². The number of benzene rings is 1. The van der Waals surface area contributed by atoms with Crippen LogP contribution in [-0.2, 0) is 27.2 Å². The number of aliphatic imine (C=N–C) groups is 1. The standard InChI is InChI=1S/C22H28N4O6/c1-14(2)22-24-20(26-32-22)13-30-16-3-4-18-15(9-16)5-6-23-19(18)10-21(25-27)31-12-17-11-28-7-8-29-17/h3-4,9-10,14,17,25,27H,5-8,11-13H2,1-2H3. The van der Waals surface area contributed by atoms with Gasteiger partial charge in [-0.3, -0.25) is 10.2 Å². The van der Waals surface area contributed by atoms with Gasteiger partial charge in [0.15, 0.2) is 6.61 Å². The number of hydrogen-bond donors (Lipinski definition) is 2. The molecule has 2 N–H and O–H groups in total. The molecule has 0 aliphatic carbocycles. The lowest BCUT2D eigenvalue weighted by atomic mass is 9.97. The van der Waals surface area contributed by atoms with Gasteiger partial charge in [-0.2, -0.15) is 4.98 Å². The normalized spacial score (nSPS) is 18.8. The van der Waals surface area contributed by atoms with E-state index in [0.29, 0.717) is 38.1 Å². The zero-order chi connectivity index (χ0) is 22.3. The summed E-state index contributed by atoms with van der Waals surface area (Å²) in [4.78, 5) is 8.90. The van der Waals surface area contributed by atoms with Crippen LogP contribution in [0.3, 0.4) is 0 Å². The molecule has 3 heterocycles. The van der Waals surface area contributed by atoms with E-state index in [2.05, 4.69) is 20.6 Å². The molecule has 10 nitrogen and oxygen atoms in total. The number of fused-ring (bicyclic) bond motifs is 1. The molecule has 4 rings (SSSR count). The fourth-order valence-electron chi connectivity index (χ4n) is 3.38. The molecule has 32 heavy (non-hydrogen) atoms. The van der Waals surface area contributed by atoms with Crippen molar-refractivity contribution in [2.45, 2.75) is 38.9 Å². The SMILES string of the molecule is CC(C)c1nc(COc2ccc3c(c2)CCN=C3C=C(NO)OCC2COCCO2)no1. The zero-order valence-electron chi connectivity index (χ0n) is 18.2. The van der Waals surface area contributed by atoms with Gasteiger partial charge < -0.3 is 23.5 Å². The van der Waals surface area contributed by atoms with Crippen LogP contribution in [0, 0.1) is 0 Å². The van der Waals surface area contributed by atoms with Crippen molar-refractivity contribution in [1.29, 1.82) is 0 Å². The first-order valence-corrected chi connectivity index (χ1v) is 10.7. The van der Waals surface area contributed by atoms with Gasteiger partial charge in [0.05, 0.1) is 25.5 Å². The van der Waals surface area contributed by atoms with Crippen molar-refractivity contribution in [2.24, 2.45) is 4.99 Å². The highest BCUT2D eigenvalue weighted by atomic mass is 16.6. The summed E-state index contributed by atoms with van der Waals surface area (Å²) in [5.41, 5.74) is 4.87. The summed E-state index contributed by atoms with van der Waals surface area (Å²) in [6, 6.07) is 5.81. The second-order valence-corrected chi connectivity index (χ2v) is 7.83. The minimum absolute atomic E-state index is 0.170. The lowest BCUT2D eigenvalue weighted by Gasteiger charge is -2.23. The third kappa shape index (κ3) is 5.64. The number of hydrogen-bond acceptors (Lipinski definition) is 10. The Morgan fingerprint density at radius 1 is 1.34 bits per heavy atom. The summed E-state index contributed by atoms with van der Waals surface area (Å²) < 4.78 is 27.6. The van der Waals surface area contributed by atoms with Crippen LogP contribution in [0.25, 0.3) is 0 Å². The predicted molar refractivity (Wildman–Crippen MR) is 114 cm³/mol. The molecule has 0 bridgehead atoms. The molecule has 10 heteroatoms. The van der Waals surface area contributed by atoms with Gasteiger partial charge in [-0.05, 0) is 30.2 Å². The maximum absolute atomic E-state index is 9.48. The first-order chi connectivity index (χ1) is 15.6. The Morgan fingerprint density at radius 3 is 3.00 bits per heavy atom. The van der Waals surface area contributed by atoms with E-state index in [9.17, 15) is 5.21 Å². The molecule has 0 amide bonds. The van der Waals surface area contributed by atoms with E-state index in [1.165, 1.54) is 0 Å². The van der Waals surface area contributed by atoms with Crippen LogP contribution in [-0.4, -0.2) is 60.1 Å². The third-order valence-electron chi connectivity index (χ3n) is 5.05. The lowest BCUT2D eigenvalue weighted by molar-refractivity contribution is -0.112. The van der Waals surface area contributed by atoms with Crippen LogP contribution in [0.15, 0.2) is 39.7 Å². The summed E-state index contributed by atoms with van der Waals surface area (Å²) in [7, 11) is 0. The van der Waals surface area contributed by atoms with Gasteiger partial charge in [0.2, 0.25) is 17.6 Å². The summed E-state index contributed by atoms with van der Waals surface area (Å²) in [6.07, 6.45) is 2.30. The lowest BCUT2D eigenvalue weighted by Crippen LogP contribution is -2.33. The molecule has 0 radical (unpaired) electrons. The molecular formula is C22H28N4O6. The highest BCUT2D eigenvalue weighted by Crippen LogP contribution is 2.24. The van der Waals surface area contributed by atoms with Gasteiger partial charge in [-0.1, -0.05) is 19.0 Å². The Kier molecular flexibility index (Phi) is 7.35. The topological polar surface area (TPSA) is 120 Å². The number of ether oxygens (including phenoxy) is 4. The van der Waals surface area contributed by atoms with Crippen molar-refractivity contribution in [3.8, 4) is 5.75 Å². The minimum Gasteiger partial charge on any atom is -0.485 e. The van der Waals surface area contributed by atoms with Crippen molar-refractivity contribution in [1.82, 2.24) is 15.6 Å². The van der Waals surface area contributed by atoms with Crippen LogP contribution in [0.1, 0.15) is 42.6 Å². The largest absolute Gasteiger partial charge is 0.485 e. The van der Waals surface area contributed by atoms with Gasteiger partial charge in [0.1, 0.15) is 18.5 Å². The van der Waals surface area contributed by atoms with Gasteiger partial charge in [0, 0.05) is 24.1 Å². The van der Waals surface area contributed by atoms with Crippen molar-refractivity contribution < 1.29 is 28.7 Å². The van der Waals surface area contributed by atoms with E-state index >= 15 is 0 Å². The van der Waals surface area contributed by atoms with Crippen LogP contribution >= 0.6 is 0 Å². The summed E-state index contributed by atoms with van der Waals surface area (Å²) in [5.74, 6) is 2.20. The molecule has 1 fully saturated rings. The molecular weight excluding hydrogens is 416 g/mol. The van der Waals surface area contributed by atoms with Gasteiger partial charge in [0.25, 0.3) is 0 Å². The highest BCUT2D eigenvalue weighted by Gasteiger charge is 2.18. The van der Waals surface area contributed by atoms with Crippen molar-refractivity contribution in [3.05, 3.63) is 53.0 Å². The van der Waals surface area contributed by atoms with Gasteiger partial charge in [-0.25, -0.2) is 5.48 Å². The predicted octanol–water partition coefficient (Wildman–Crippen LogP) is 2.37. The Hall–Kier alpha value is -2.95. The van der Waals surface area contributed by atoms with E-state index in [-0.39, 0.29) is 31.1 Å². The van der Waals surface area contributed by atoms with E-state index in [4.69, 9.17) is 23.5 Å². The molecule has 1 saturated heterocycles. The van der Waals surface area contributed by atoms with E-state index < -0.39 is 0 Å². The molecule has 1 atom stereocenters. The van der Waals surface area contributed by atoms with Crippen molar-refractivity contribution >= 4 is 5.71 Å². The average Bonchev–Trinajstić information content (AvgIpc) is 3.30. The Morgan fingerprint density at radius 2 is 2.25 bits per heavy atom. The van der Waals surface area contributed by atoms with Gasteiger partial charge in [-0.15, -0.1) is 0 Å². The van der Waals surface area contributed by atoms with Crippen LogP contribution in [0.5, 0.6) is 5.75 Å². The van der Waals surface area contributed by atoms with Crippen LogP contribution < -0.4 is 10.2 Å². The first-order valence-electron chi connectivity index (χ1n) is 10.7. The number of rotatable bonds is 9. The zero-order valence-corrected chi connectivity index (χ0v) is 18.2. The number of hydroxylamine groups is 1. The monoisotopic (exact) mass is 444 g/mol. The molecule has 2 aliphatic rings. The maximum Gasteiger partial charge on any atom is 0.229 e. The van der Waals surface area contributed by atoms with E-state index in [1.807, 2.05) is 32.0 Å². The molecule has 172 valence electrons. The van der Waals surface area contributed by atoms with Crippen molar-refractivity contribution in [3.63, 3.8) is 0 Å². The number of nitrogens with zero attached hydrogens (tertiary/aromatic N) is 3. The minimum atomic E-state index is -0.170. The number of aromatic nitrogens is 2. The summed E-state index contributed by atoms with van der Waals surface area (Å²) >= 11 is 0. The maximum atomic E-state index is 9.48. The Labute approximate surface area is 186 Å². The summed E-state index contributed by atoms with van der Waals surface area (Å²) in [5, 5.41) is 13.4. The van der Waals surface area contributed by atoms with Crippen LogP contribution in [0.2, 0.25) is 0 Å². The van der Waals surface area contributed by atoms with E-state index in [1.54, 1.807) is 6.08 Å². The first kappa shape index (κ1) is 22.3. The molecule has 1 unspecified atom stereocenters. The highest BCUT2D eigenvalue weighted by molar-refractivity contribution is 6.10. The third-order valence-corrected chi connectivity index (χ3v) is 5.05. The number of allylic oxidation sites excluding steroid dienone is 1. The smallest absolute Gasteiger partial charge is 0.229 e. The Bertz CT molecular complexity index is 965. The molecule has 1 aromatic heterocycles. The van der Waals surface area contributed by atoms with Gasteiger partial charge >= 0.3 is 0 Å². The molecule has 0 saturated carbocycles. The number of nitrogens with one attached hydrogen (secondary N) is 1.